The maximum Gasteiger partial charge on any atom is 0.274 e. The molecule has 1 atom stereocenters. The minimum atomic E-state index is -0.976. The van der Waals surface area contributed by atoms with Crippen molar-refractivity contribution in [2.24, 2.45) is 0 Å². The third-order valence-electron chi connectivity index (χ3n) is 2.87. The van der Waals surface area contributed by atoms with Crippen molar-refractivity contribution in [3.05, 3.63) is 11.4 Å². The molecule has 1 fully saturated rings. The fraction of sp³-hybridized carbons (Fsp3) is 0.600. The Balaban J connectivity index is 1.96. The Bertz CT molecular complexity index is 423. The second-order valence-electron chi connectivity index (χ2n) is 4.32. The highest BCUT2D eigenvalue weighted by atomic mass is 16.5. The van der Waals surface area contributed by atoms with Gasteiger partial charge in [0.05, 0.1) is 18.0 Å². The number of hydrogen-bond acceptors (Lipinski definition) is 5. The van der Waals surface area contributed by atoms with Gasteiger partial charge in [0.2, 0.25) is 0 Å². The monoisotopic (exact) mass is 240 g/mol. The first-order valence-corrected chi connectivity index (χ1v) is 5.41. The van der Waals surface area contributed by atoms with E-state index < -0.39 is 11.5 Å². The Morgan fingerprint density at radius 3 is 3.06 bits per heavy atom. The average Bonchev–Trinajstić information content (AvgIpc) is 2.86. The van der Waals surface area contributed by atoms with Crippen molar-refractivity contribution in [2.45, 2.75) is 18.9 Å². The Labute approximate surface area is 98.3 Å². The molecule has 2 heterocycles. The summed E-state index contributed by atoms with van der Waals surface area (Å²) in [6.45, 7) is 2.62. The molecule has 1 aliphatic rings. The standard InChI is InChI=1S/C10H16N4O3/c1-6-7(11)8(14-13-6)9(15)12-4-10(16)2-3-17-5-10/h16H,2-5,11H2,1H3,(H,12,15)(H,13,14). The molecule has 7 heteroatoms. The van der Waals surface area contributed by atoms with Crippen molar-refractivity contribution in [3.63, 3.8) is 0 Å². The molecule has 1 aliphatic heterocycles. The zero-order chi connectivity index (χ0) is 12.5. The van der Waals surface area contributed by atoms with Gasteiger partial charge in [-0.15, -0.1) is 0 Å². The zero-order valence-corrected chi connectivity index (χ0v) is 9.62. The van der Waals surface area contributed by atoms with Gasteiger partial charge in [-0.05, 0) is 6.92 Å². The van der Waals surface area contributed by atoms with Gasteiger partial charge in [-0.2, -0.15) is 5.10 Å². The van der Waals surface area contributed by atoms with Crippen LogP contribution in [0.15, 0.2) is 0 Å². The second-order valence-corrected chi connectivity index (χ2v) is 4.32. The Hall–Kier alpha value is -1.60. The van der Waals surface area contributed by atoms with Gasteiger partial charge in [0.1, 0.15) is 5.60 Å². The lowest BCUT2D eigenvalue weighted by Crippen LogP contribution is -2.43. The van der Waals surface area contributed by atoms with Crippen LogP contribution in [0.1, 0.15) is 22.6 Å². The Kier molecular flexibility index (Phi) is 3.03. The summed E-state index contributed by atoms with van der Waals surface area (Å²) in [7, 11) is 0. The number of aromatic amines is 1. The van der Waals surface area contributed by atoms with Gasteiger partial charge in [-0.1, -0.05) is 0 Å². The number of ether oxygens (including phenoxy) is 1. The number of H-pyrrole nitrogens is 1. The lowest BCUT2D eigenvalue weighted by Gasteiger charge is -2.20. The van der Waals surface area contributed by atoms with Crippen LogP contribution in [-0.2, 0) is 4.74 Å². The van der Waals surface area contributed by atoms with Crippen molar-refractivity contribution in [1.29, 1.82) is 0 Å². The van der Waals surface area contributed by atoms with Crippen LogP contribution in [0, 0.1) is 6.92 Å². The van der Waals surface area contributed by atoms with Crippen molar-refractivity contribution in [3.8, 4) is 0 Å². The molecule has 17 heavy (non-hydrogen) atoms. The van der Waals surface area contributed by atoms with Gasteiger partial charge in [-0.25, -0.2) is 0 Å². The summed E-state index contributed by atoms with van der Waals surface area (Å²) in [4.78, 5) is 11.8. The normalized spacial score (nSPS) is 23.9. The Morgan fingerprint density at radius 1 is 1.76 bits per heavy atom. The molecule has 1 saturated heterocycles. The summed E-state index contributed by atoms with van der Waals surface area (Å²) < 4.78 is 5.08. The number of aryl methyl sites for hydroxylation is 1. The van der Waals surface area contributed by atoms with E-state index >= 15 is 0 Å². The fourth-order valence-corrected chi connectivity index (χ4v) is 1.68. The average molecular weight is 240 g/mol. The highest BCUT2D eigenvalue weighted by molar-refractivity contribution is 5.97. The summed E-state index contributed by atoms with van der Waals surface area (Å²) in [6.07, 6.45) is 0.516. The first kappa shape index (κ1) is 11.9. The van der Waals surface area contributed by atoms with Gasteiger partial charge < -0.3 is 20.9 Å². The molecular formula is C10H16N4O3. The van der Waals surface area contributed by atoms with Crippen LogP contribution in [0.3, 0.4) is 0 Å². The zero-order valence-electron chi connectivity index (χ0n) is 9.62. The van der Waals surface area contributed by atoms with E-state index in [1.165, 1.54) is 0 Å². The number of rotatable bonds is 3. The molecule has 1 unspecified atom stereocenters. The molecule has 2 rings (SSSR count). The molecule has 0 aliphatic carbocycles. The van der Waals surface area contributed by atoms with E-state index in [0.717, 1.165) is 0 Å². The number of carbonyl (C=O) groups is 1. The first-order valence-electron chi connectivity index (χ1n) is 5.41. The topological polar surface area (TPSA) is 113 Å². The molecule has 0 bridgehead atoms. The number of anilines is 1. The second kappa shape index (κ2) is 4.34. The van der Waals surface area contributed by atoms with Gasteiger partial charge in [0.25, 0.3) is 5.91 Å². The van der Waals surface area contributed by atoms with Crippen LogP contribution in [0.2, 0.25) is 0 Å². The number of nitrogens with two attached hydrogens (primary N) is 1. The van der Waals surface area contributed by atoms with Crippen molar-refractivity contribution < 1.29 is 14.6 Å². The molecule has 5 N–H and O–H groups in total. The molecular weight excluding hydrogens is 224 g/mol. The third kappa shape index (κ3) is 2.40. The van der Waals surface area contributed by atoms with E-state index in [-0.39, 0.29) is 18.8 Å². The van der Waals surface area contributed by atoms with Crippen LogP contribution < -0.4 is 11.1 Å². The molecule has 7 nitrogen and oxygen atoms in total. The van der Waals surface area contributed by atoms with E-state index in [1.807, 2.05) is 0 Å². The van der Waals surface area contributed by atoms with E-state index in [2.05, 4.69) is 15.5 Å². The summed E-state index contributed by atoms with van der Waals surface area (Å²) in [5.74, 6) is -0.396. The fourth-order valence-electron chi connectivity index (χ4n) is 1.68. The van der Waals surface area contributed by atoms with Gasteiger partial charge in [0, 0.05) is 19.6 Å². The highest BCUT2D eigenvalue weighted by Crippen LogP contribution is 2.17. The molecule has 1 aromatic heterocycles. The maximum atomic E-state index is 11.8. The predicted molar refractivity (Wildman–Crippen MR) is 60.5 cm³/mol. The van der Waals surface area contributed by atoms with Crippen LogP contribution in [0.5, 0.6) is 0 Å². The molecule has 0 saturated carbocycles. The summed E-state index contributed by atoms with van der Waals surface area (Å²) in [6, 6.07) is 0. The van der Waals surface area contributed by atoms with Crippen molar-refractivity contribution in [1.82, 2.24) is 15.5 Å². The molecule has 0 aromatic carbocycles. The van der Waals surface area contributed by atoms with Crippen molar-refractivity contribution >= 4 is 11.6 Å². The molecule has 1 aromatic rings. The van der Waals surface area contributed by atoms with Crippen molar-refractivity contribution in [2.75, 3.05) is 25.5 Å². The number of nitrogens with one attached hydrogen (secondary N) is 2. The smallest absolute Gasteiger partial charge is 0.274 e. The number of aromatic nitrogens is 2. The number of nitrogens with zero attached hydrogens (tertiary/aromatic N) is 1. The van der Waals surface area contributed by atoms with Crippen LogP contribution in [0.25, 0.3) is 0 Å². The number of aliphatic hydroxyl groups is 1. The number of hydrogen-bond donors (Lipinski definition) is 4. The first-order chi connectivity index (χ1) is 8.02. The highest BCUT2D eigenvalue weighted by Gasteiger charge is 2.33. The molecule has 0 spiro atoms. The molecule has 1 amide bonds. The maximum absolute atomic E-state index is 11.8. The summed E-state index contributed by atoms with van der Waals surface area (Å²) in [5.41, 5.74) is 5.84. The van der Waals surface area contributed by atoms with Crippen LogP contribution in [0.4, 0.5) is 5.69 Å². The minimum absolute atomic E-state index is 0.136. The van der Waals surface area contributed by atoms with E-state index in [1.54, 1.807) is 6.92 Å². The van der Waals surface area contributed by atoms with Gasteiger partial charge in [0.15, 0.2) is 5.69 Å². The van der Waals surface area contributed by atoms with E-state index in [9.17, 15) is 9.90 Å². The van der Waals surface area contributed by atoms with Crippen LogP contribution >= 0.6 is 0 Å². The Morgan fingerprint density at radius 2 is 2.53 bits per heavy atom. The lowest BCUT2D eigenvalue weighted by atomic mass is 10.0. The molecule has 0 radical (unpaired) electrons. The number of amides is 1. The van der Waals surface area contributed by atoms with E-state index in [0.29, 0.717) is 24.4 Å². The number of carbonyl (C=O) groups excluding carboxylic acids is 1. The largest absolute Gasteiger partial charge is 0.395 e. The predicted octanol–water partition coefficient (Wildman–Crippen LogP) is -0.818. The van der Waals surface area contributed by atoms with E-state index in [4.69, 9.17) is 10.5 Å². The molecule has 94 valence electrons. The van der Waals surface area contributed by atoms with Gasteiger partial charge >= 0.3 is 0 Å². The lowest BCUT2D eigenvalue weighted by molar-refractivity contribution is 0.0264. The summed E-state index contributed by atoms with van der Waals surface area (Å²) in [5, 5.41) is 19.0. The van der Waals surface area contributed by atoms with Crippen LogP contribution in [-0.4, -0.2) is 46.6 Å². The quantitative estimate of drug-likeness (QED) is 0.551. The third-order valence-corrected chi connectivity index (χ3v) is 2.87. The SMILES string of the molecule is Cc1[nH]nc(C(=O)NCC2(O)CCOC2)c1N. The number of nitrogen functional groups attached to an aromatic ring is 1. The minimum Gasteiger partial charge on any atom is -0.395 e. The van der Waals surface area contributed by atoms with Gasteiger partial charge in [-0.3, -0.25) is 9.89 Å². The summed E-state index contributed by atoms with van der Waals surface area (Å²) >= 11 is 0.